The topological polar surface area (TPSA) is 21.3 Å². The Balaban J connectivity index is 2.48. The second-order valence-electron chi connectivity index (χ2n) is 4.44. The average molecular weight is 258 g/mol. The molecule has 1 N–H and O–H groups in total. The van der Waals surface area contributed by atoms with Crippen molar-refractivity contribution in [1.82, 2.24) is 5.32 Å². The number of halogens is 2. The van der Waals surface area contributed by atoms with E-state index in [1.54, 1.807) is 0 Å². The molecule has 1 saturated heterocycles. The van der Waals surface area contributed by atoms with Crippen LogP contribution < -0.4 is 10.1 Å². The molecule has 1 aromatic carbocycles. The van der Waals surface area contributed by atoms with Crippen LogP contribution in [0.15, 0.2) is 6.07 Å². The second kappa shape index (κ2) is 5.23. The molecule has 0 aliphatic carbocycles. The summed E-state index contributed by atoms with van der Waals surface area (Å²) >= 11 is 6.06. The molecule has 94 valence electrons. The Bertz CT molecular complexity index is 416. The van der Waals surface area contributed by atoms with E-state index in [4.69, 9.17) is 16.3 Å². The molecule has 0 amide bonds. The molecule has 1 heterocycles. The molecule has 1 aromatic rings. The Labute approximate surface area is 106 Å². The molecule has 2 nitrogen and oxygen atoms in total. The quantitative estimate of drug-likeness (QED) is 0.878. The maximum absolute atomic E-state index is 13.8. The van der Waals surface area contributed by atoms with Crippen molar-refractivity contribution in [3.05, 3.63) is 28.0 Å². The summed E-state index contributed by atoms with van der Waals surface area (Å²) in [6.45, 7) is 3.85. The number of hydrogen-bond acceptors (Lipinski definition) is 2. The highest BCUT2D eigenvalue weighted by Crippen LogP contribution is 2.39. The molecule has 4 heteroatoms. The number of nitrogens with one attached hydrogen (secondary N) is 1. The molecule has 0 bridgehead atoms. The van der Waals surface area contributed by atoms with Crippen LogP contribution in [0.2, 0.25) is 5.02 Å². The number of rotatable bonds is 2. The molecule has 1 fully saturated rings. The first kappa shape index (κ1) is 12.7. The molecular weight excluding hydrogens is 241 g/mol. The number of piperidine rings is 1. The van der Waals surface area contributed by atoms with E-state index >= 15 is 0 Å². The van der Waals surface area contributed by atoms with E-state index in [1.165, 1.54) is 13.2 Å². The highest BCUT2D eigenvalue weighted by Gasteiger charge is 2.24. The van der Waals surface area contributed by atoms with Crippen molar-refractivity contribution in [3.8, 4) is 5.75 Å². The highest BCUT2D eigenvalue weighted by molar-refractivity contribution is 6.31. The first-order chi connectivity index (χ1) is 8.15. The third kappa shape index (κ3) is 2.40. The maximum atomic E-state index is 13.8. The molecule has 0 atom stereocenters. The molecule has 17 heavy (non-hydrogen) atoms. The van der Waals surface area contributed by atoms with Crippen LogP contribution >= 0.6 is 11.6 Å². The molecule has 0 aromatic heterocycles. The van der Waals surface area contributed by atoms with Gasteiger partial charge in [0.05, 0.1) is 7.11 Å². The lowest BCUT2D eigenvalue weighted by atomic mass is 9.86. The second-order valence-corrected chi connectivity index (χ2v) is 4.84. The Morgan fingerprint density at radius 2 is 2.06 bits per heavy atom. The van der Waals surface area contributed by atoms with E-state index in [1.807, 2.05) is 6.92 Å². The normalized spacial score (nSPS) is 17.2. The van der Waals surface area contributed by atoms with Gasteiger partial charge >= 0.3 is 0 Å². The summed E-state index contributed by atoms with van der Waals surface area (Å²) in [6.07, 6.45) is 1.99. The van der Waals surface area contributed by atoms with Gasteiger partial charge in [0.25, 0.3) is 0 Å². The minimum atomic E-state index is -0.364. The van der Waals surface area contributed by atoms with Crippen molar-refractivity contribution >= 4 is 11.6 Å². The van der Waals surface area contributed by atoms with Crippen molar-refractivity contribution in [3.63, 3.8) is 0 Å². The summed E-state index contributed by atoms with van der Waals surface area (Å²) < 4.78 is 19.0. The molecular formula is C13H17ClFNO. The fourth-order valence-electron chi connectivity index (χ4n) is 2.52. The van der Waals surface area contributed by atoms with Gasteiger partial charge in [-0.1, -0.05) is 11.6 Å². The molecule has 1 aliphatic rings. The summed E-state index contributed by atoms with van der Waals surface area (Å²) in [5.41, 5.74) is 1.89. The van der Waals surface area contributed by atoms with E-state index in [2.05, 4.69) is 5.32 Å². The first-order valence-electron chi connectivity index (χ1n) is 5.88. The van der Waals surface area contributed by atoms with Crippen molar-refractivity contribution in [2.45, 2.75) is 25.7 Å². The van der Waals surface area contributed by atoms with Crippen LogP contribution in [-0.4, -0.2) is 20.2 Å². The minimum Gasteiger partial charge on any atom is -0.493 e. The largest absolute Gasteiger partial charge is 0.493 e. The van der Waals surface area contributed by atoms with Gasteiger partial charge in [-0.25, -0.2) is 4.39 Å². The van der Waals surface area contributed by atoms with E-state index in [0.29, 0.717) is 16.7 Å². The Morgan fingerprint density at radius 3 is 2.65 bits per heavy atom. The fourth-order valence-corrected chi connectivity index (χ4v) is 2.72. The lowest BCUT2D eigenvalue weighted by Crippen LogP contribution is -2.27. The number of hydrogen-bond donors (Lipinski definition) is 1. The number of methoxy groups -OCH3 is 1. The van der Waals surface area contributed by atoms with Gasteiger partial charge in [0, 0.05) is 10.6 Å². The molecule has 0 radical (unpaired) electrons. The molecule has 2 rings (SSSR count). The lowest BCUT2D eigenvalue weighted by Gasteiger charge is -2.26. The fraction of sp³-hybridized carbons (Fsp3) is 0.538. The molecule has 1 aliphatic heterocycles. The van der Waals surface area contributed by atoms with Gasteiger partial charge in [-0.2, -0.15) is 0 Å². The number of ether oxygens (including phenoxy) is 1. The predicted molar refractivity (Wildman–Crippen MR) is 67.5 cm³/mol. The van der Waals surface area contributed by atoms with Crippen LogP contribution in [0, 0.1) is 12.7 Å². The maximum Gasteiger partial charge on any atom is 0.166 e. The zero-order chi connectivity index (χ0) is 12.4. The first-order valence-corrected chi connectivity index (χ1v) is 6.26. The molecule has 0 saturated carbocycles. The lowest BCUT2D eigenvalue weighted by molar-refractivity contribution is 0.367. The smallest absolute Gasteiger partial charge is 0.166 e. The van der Waals surface area contributed by atoms with E-state index in [-0.39, 0.29) is 5.82 Å². The minimum absolute atomic E-state index is 0.333. The summed E-state index contributed by atoms with van der Waals surface area (Å²) in [5.74, 6) is 0.329. The third-order valence-corrected chi connectivity index (χ3v) is 3.82. The summed E-state index contributed by atoms with van der Waals surface area (Å²) in [6, 6.07) is 1.33. The van der Waals surface area contributed by atoms with Crippen LogP contribution in [0.3, 0.4) is 0 Å². The van der Waals surface area contributed by atoms with Gasteiger partial charge in [0.2, 0.25) is 0 Å². The predicted octanol–water partition coefficient (Wildman–Crippen LogP) is 3.26. The van der Waals surface area contributed by atoms with Crippen LogP contribution in [0.4, 0.5) is 4.39 Å². The van der Waals surface area contributed by atoms with Gasteiger partial charge in [-0.3, -0.25) is 0 Å². The zero-order valence-corrected chi connectivity index (χ0v) is 10.9. The van der Waals surface area contributed by atoms with Crippen LogP contribution in [0.1, 0.15) is 29.9 Å². The van der Waals surface area contributed by atoms with Crippen molar-refractivity contribution in [1.29, 1.82) is 0 Å². The van der Waals surface area contributed by atoms with Crippen LogP contribution in [0.25, 0.3) is 0 Å². The van der Waals surface area contributed by atoms with Crippen LogP contribution in [-0.2, 0) is 0 Å². The van der Waals surface area contributed by atoms with Gasteiger partial charge in [-0.15, -0.1) is 0 Å². The summed E-state index contributed by atoms with van der Waals surface area (Å²) in [4.78, 5) is 0. The number of benzene rings is 1. The van der Waals surface area contributed by atoms with Gasteiger partial charge in [0.1, 0.15) is 0 Å². The van der Waals surface area contributed by atoms with Crippen molar-refractivity contribution in [2.24, 2.45) is 0 Å². The SMILES string of the molecule is COc1c(F)cc(Cl)c(C)c1C1CCNCC1. The molecule has 0 spiro atoms. The van der Waals surface area contributed by atoms with Crippen molar-refractivity contribution in [2.75, 3.05) is 20.2 Å². The Hall–Kier alpha value is -0.800. The monoisotopic (exact) mass is 257 g/mol. The van der Waals surface area contributed by atoms with E-state index < -0.39 is 0 Å². The Kier molecular flexibility index (Phi) is 3.89. The van der Waals surface area contributed by atoms with Crippen molar-refractivity contribution < 1.29 is 9.13 Å². The van der Waals surface area contributed by atoms with E-state index in [0.717, 1.165) is 37.1 Å². The van der Waals surface area contributed by atoms with Crippen LogP contribution in [0.5, 0.6) is 5.75 Å². The van der Waals surface area contributed by atoms with Gasteiger partial charge < -0.3 is 10.1 Å². The summed E-state index contributed by atoms with van der Waals surface area (Å²) in [7, 11) is 1.51. The average Bonchev–Trinajstić information content (AvgIpc) is 2.34. The van der Waals surface area contributed by atoms with E-state index in [9.17, 15) is 4.39 Å². The zero-order valence-electron chi connectivity index (χ0n) is 10.1. The molecule has 0 unspecified atom stereocenters. The Morgan fingerprint density at radius 1 is 1.41 bits per heavy atom. The van der Waals surface area contributed by atoms with Gasteiger partial charge in [-0.05, 0) is 50.4 Å². The third-order valence-electron chi connectivity index (χ3n) is 3.43. The highest BCUT2D eigenvalue weighted by atomic mass is 35.5. The standard InChI is InChI=1S/C13H17ClFNO/c1-8-10(14)7-11(15)13(17-2)12(8)9-3-5-16-6-4-9/h7,9,16H,3-6H2,1-2H3. The summed E-state index contributed by atoms with van der Waals surface area (Å²) in [5, 5.41) is 3.79. The van der Waals surface area contributed by atoms with Gasteiger partial charge in [0.15, 0.2) is 11.6 Å².